The fourth-order valence-corrected chi connectivity index (χ4v) is 2.63. The number of piperazine rings is 1. The van der Waals surface area contributed by atoms with Crippen molar-refractivity contribution in [1.82, 2.24) is 15.2 Å². The van der Waals surface area contributed by atoms with Gasteiger partial charge in [0.05, 0.1) is 6.54 Å². The van der Waals surface area contributed by atoms with E-state index in [1.165, 1.54) is 0 Å². The lowest BCUT2D eigenvalue weighted by molar-refractivity contribution is -0.147. The van der Waals surface area contributed by atoms with Gasteiger partial charge in [-0.2, -0.15) is 0 Å². The fraction of sp³-hybridized carbons (Fsp3) is 0.500. The molecule has 1 aliphatic carbocycles. The van der Waals surface area contributed by atoms with Crippen molar-refractivity contribution in [3.8, 4) is 0 Å². The first-order chi connectivity index (χ1) is 9.15. The smallest absolute Gasteiger partial charge is 0.243 e. The van der Waals surface area contributed by atoms with Crippen molar-refractivity contribution >= 4 is 11.8 Å². The molecule has 1 atom stereocenters. The molecule has 1 N–H and O–H groups in total. The Morgan fingerprint density at radius 1 is 1.37 bits per heavy atom. The van der Waals surface area contributed by atoms with Gasteiger partial charge in [0.15, 0.2) is 0 Å². The fourth-order valence-electron chi connectivity index (χ4n) is 2.63. The second-order valence-electron chi connectivity index (χ2n) is 5.39. The van der Waals surface area contributed by atoms with E-state index in [2.05, 4.69) is 10.3 Å². The van der Waals surface area contributed by atoms with Crippen LogP contribution < -0.4 is 5.32 Å². The number of rotatable bonds is 3. The lowest BCUT2D eigenvalue weighted by atomic mass is 10.1. The zero-order chi connectivity index (χ0) is 13.4. The number of nitrogens with zero attached hydrogens (tertiary/aromatic N) is 2. The van der Waals surface area contributed by atoms with E-state index < -0.39 is 0 Å². The Hall–Kier alpha value is -1.91. The molecule has 5 heteroatoms. The number of nitrogens with one attached hydrogen (secondary N) is 1. The number of aromatic nitrogens is 1. The number of amides is 2. The molecule has 100 valence electrons. The molecule has 2 heterocycles. The second-order valence-corrected chi connectivity index (χ2v) is 5.39. The third-order valence-electron chi connectivity index (χ3n) is 3.69. The van der Waals surface area contributed by atoms with Crippen molar-refractivity contribution < 1.29 is 9.59 Å². The molecule has 0 radical (unpaired) electrons. The summed E-state index contributed by atoms with van der Waals surface area (Å²) in [7, 11) is 0. The molecule has 0 spiro atoms. The first-order valence-corrected chi connectivity index (χ1v) is 6.63. The molecule has 1 saturated carbocycles. The van der Waals surface area contributed by atoms with Crippen LogP contribution in [0.15, 0.2) is 18.5 Å². The molecule has 2 amide bonds. The molecule has 5 nitrogen and oxygen atoms in total. The van der Waals surface area contributed by atoms with Crippen molar-refractivity contribution in [2.24, 2.45) is 5.92 Å². The molecule has 0 aromatic carbocycles. The molecule has 1 aromatic rings. The van der Waals surface area contributed by atoms with E-state index in [0.29, 0.717) is 12.5 Å². The summed E-state index contributed by atoms with van der Waals surface area (Å²) in [6.07, 6.45) is 5.62. The molecule has 2 fully saturated rings. The summed E-state index contributed by atoms with van der Waals surface area (Å²) >= 11 is 0. The van der Waals surface area contributed by atoms with Gasteiger partial charge in [0.25, 0.3) is 0 Å². The maximum absolute atomic E-state index is 12.1. The van der Waals surface area contributed by atoms with E-state index in [0.717, 1.165) is 24.0 Å². The topological polar surface area (TPSA) is 62.3 Å². The van der Waals surface area contributed by atoms with Gasteiger partial charge in [-0.3, -0.25) is 14.6 Å². The summed E-state index contributed by atoms with van der Waals surface area (Å²) in [5, 5.41) is 2.68. The molecular formula is C14H17N3O2. The van der Waals surface area contributed by atoms with Crippen molar-refractivity contribution in [2.45, 2.75) is 32.4 Å². The summed E-state index contributed by atoms with van der Waals surface area (Å²) in [6, 6.07) is 1.72. The average molecular weight is 259 g/mol. The van der Waals surface area contributed by atoms with Crippen LogP contribution in [0.3, 0.4) is 0 Å². The molecule has 19 heavy (non-hydrogen) atoms. The maximum Gasteiger partial charge on any atom is 0.243 e. The van der Waals surface area contributed by atoms with Gasteiger partial charge in [0.1, 0.15) is 6.04 Å². The molecule has 1 saturated heterocycles. The van der Waals surface area contributed by atoms with E-state index in [9.17, 15) is 9.59 Å². The molecule has 1 aliphatic heterocycles. The second kappa shape index (κ2) is 4.64. The Labute approximate surface area is 112 Å². The van der Waals surface area contributed by atoms with Crippen LogP contribution in [0.2, 0.25) is 0 Å². The minimum absolute atomic E-state index is 0.00185. The summed E-state index contributed by atoms with van der Waals surface area (Å²) in [6.45, 7) is 2.56. The summed E-state index contributed by atoms with van der Waals surface area (Å²) in [5.41, 5.74) is 2.04. The predicted octanol–water partition coefficient (Wildman–Crippen LogP) is 0.627. The highest BCUT2D eigenvalue weighted by atomic mass is 16.2. The van der Waals surface area contributed by atoms with E-state index in [4.69, 9.17) is 0 Å². The normalized spacial score (nSPS) is 23.4. The average Bonchev–Trinajstić information content (AvgIpc) is 3.18. The summed E-state index contributed by atoms with van der Waals surface area (Å²) in [5.74, 6) is 0.322. The van der Waals surface area contributed by atoms with E-state index in [1.54, 1.807) is 17.3 Å². The third-order valence-corrected chi connectivity index (χ3v) is 3.69. The third kappa shape index (κ3) is 2.45. The Morgan fingerprint density at radius 2 is 2.16 bits per heavy atom. The van der Waals surface area contributed by atoms with Crippen molar-refractivity contribution in [3.05, 3.63) is 29.6 Å². The zero-order valence-corrected chi connectivity index (χ0v) is 10.9. The highest BCUT2D eigenvalue weighted by Gasteiger charge is 2.44. The van der Waals surface area contributed by atoms with Crippen LogP contribution in [0.1, 0.15) is 24.0 Å². The quantitative estimate of drug-likeness (QED) is 0.866. The van der Waals surface area contributed by atoms with Gasteiger partial charge < -0.3 is 10.2 Å². The number of carbonyl (C=O) groups is 2. The Bertz CT molecular complexity index is 525. The van der Waals surface area contributed by atoms with Crippen LogP contribution in [0, 0.1) is 12.8 Å². The lowest BCUT2D eigenvalue weighted by Crippen LogP contribution is -2.58. The minimum Gasteiger partial charge on any atom is -0.345 e. The SMILES string of the molecule is Cc1cncc(CN2C(=O)CNC(=O)C2C2CC2)c1. The molecule has 1 unspecified atom stereocenters. The van der Waals surface area contributed by atoms with Crippen LogP contribution in [0.5, 0.6) is 0 Å². The van der Waals surface area contributed by atoms with E-state index in [-0.39, 0.29) is 24.4 Å². The van der Waals surface area contributed by atoms with Crippen molar-refractivity contribution in [1.29, 1.82) is 0 Å². The Morgan fingerprint density at radius 3 is 2.84 bits per heavy atom. The van der Waals surface area contributed by atoms with E-state index >= 15 is 0 Å². The molecule has 2 aliphatic rings. The number of hydrogen-bond acceptors (Lipinski definition) is 3. The number of hydrogen-bond donors (Lipinski definition) is 1. The van der Waals surface area contributed by atoms with Gasteiger partial charge in [0, 0.05) is 18.9 Å². The van der Waals surface area contributed by atoms with Gasteiger partial charge in [-0.1, -0.05) is 6.07 Å². The van der Waals surface area contributed by atoms with Gasteiger partial charge in [-0.05, 0) is 36.8 Å². The predicted molar refractivity (Wildman–Crippen MR) is 69.0 cm³/mol. The van der Waals surface area contributed by atoms with Crippen molar-refractivity contribution in [2.75, 3.05) is 6.54 Å². The monoisotopic (exact) mass is 259 g/mol. The highest BCUT2D eigenvalue weighted by molar-refractivity contribution is 5.95. The maximum atomic E-state index is 12.1. The minimum atomic E-state index is -0.290. The number of carbonyl (C=O) groups excluding carboxylic acids is 2. The first-order valence-electron chi connectivity index (χ1n) is 6.63. The highest BCUT2D eigenvalue weighted by Crippen LogP contribution is 2.37. The number of aryl methyl sites for hydroxylation is 1. The lowest BCUT2D eigenvalue weighted by Gasteiger charge is -2.35. The standard InChI is InChI=1S/C14H17N3O2/c1-9-4-10(6-15-5-9)8-17-12(18)7-16-14(19)13(17)11-2-3-11/h4-6,11,13H,2-3,7-8H2,1H3,(H,16,19). The van der Waals surface area contributed by atoms with Crippen LogP contribution in [-0.4, -0.2) is 34.3 Å². The Kier molecular flexibility index (Phi) is 2.97. The first kappa shape index (κ1) is 12.1. The number of pyridine rings is 1. The van der Waals surface area contributed by atoms with E-state index in [1.807, 2.05) is 13.0 Å². The van der Waals surface area contributed by atoms with Crippen LogP contribution >= 0.6 is 0 Å². The Balaban J connectivity index is 1.83. The molecular weight excluding hydrogens is 242 g/mol. The molecule has 1 aromatic heterocycles. The van der Waals surface area contributed by atoms with Crippen LogP contribution in [0.4, 0.5) is 0 Å². The van der Waals surface area contributed by atoms with Crippen LogP contribution in [0.25, 0.3) is 0 Å². The van der Waals surface area contributed by atoms with Crippen LogP contribution in [-0.2, 0) is 16.1 Å². The van der Waals surface area contributed by atoms with Gasteiger partial charge in [-0.15, -0.1) is 0 Å². The van der Waals surface area contributed by atoms with Gasteiger partial charge >= 0.3 is 0 Å². The van der Waals surface area contributed by atoms with Gasteiger partial charge in [-0.25, -0.2) is 0 Å². The van der Waals surface area contributed by atoms with Crippen molar-refractivity contribution in [3.63, 3.8) is 0 Å². The summed E-state index contributed by atoms with van der Waals surface area (Å²) < 4.78 is 0. The largest absolute Gasteiger partial charge is 0.345 e. The zero-order valence-electron chi connectivity index (χ0n) is 10.9. The molecule has 0 bridgehead atoms. The summed E-state index contributed by atoms with van der Waals surface area (Å²) in [4.78, 5) is 29.9. The van der Waals surface area contributed by atoms with Gasteiger partial charge in [0.2, 0.25) is 11.8 Å². The molecule has 3 rings (SSSR count).